The minimum Gasteiger partial charge on any atom is -0.381 e. The number of anilines is 1. The van der Waals surface area contributed by atoms with E-state index < -0.39 is 0 Å². The number of benzene rings is 1. The van der Waals surface area contributed by atoms with Crippen LogP contribution < -0.4 is 26.6 Å². The number of imide groups is 2. The molecule has 3 rings (SSSR count). The average Bonchev–Trinajstić information content (AvgIpc) is 3.80. The fourth-order valence-corrected chi connectivity index (χ4v) is 7.57. The van der Waals surface area contributed by atoms with Gasteiger partial charge in [-0.2, -0.15) is 0 Å². The first-order valence-electron chi connectivity index (χ1n) is 26.9. The van der Waals surface area contributed by atoms with Crippen LogP contribution in [-0.4, -0.2) is 142 Å². The molecule has 422 valence electrons. The lowest BCUT2D eigenvalue weighted by Gasteiger charge is -2.16. The summed E-state index contributed by atoms with van der Waals surface area (Å²) in [4.78, 5) is 101. The Morgan fingerprint density at radius 1 is 0.627 bits per heavy atom. The molecule has 75 heavy (non-hydrogen) atoms. The van der Waals surface area contributed by atoms with E-state index in [-0.39, 0.29) is 135 Å². The molecule has 0 radical (unpaired) electrons. The van der Waals surface area contributed by atoms with Gasteiger partial charge in [0.15, 0.2) is 6.20 Å². The van der Waals surface area contributed by atoms with Crippen molar-refractivity contribution in [3.63, 3.8) is 0 Å². The van der Waals surface area contributed by atoms with Crippen LogP contribution in [0.1, 0.15) is 134 Å². The first-order chi connectivity index (χ1) is 35.5. The highest BCUT2D eigenvalue weighted by Crippen LogP contribution is 2.28. The Balaban J connectivity index is 0.000000563. The molecule has 0 spiro atoms. The second-order valence-corrected chi connectivity index (χ2v) is 20.9. The normalized spacial score (nSPS) is 15.7. The monoisotopic (exact) mass is 1050 g/mol. The second-order valence-electron chi connectivity index (χ2n) is 20.9. The van der Waals surface area contributed by atoms with Gasteiger partial charge in [0.25, 0.3) is 0 Å². The van der Waals surface area contributed by atoms with Gasteiger partial charge in [0, 0.05) is 95.1 Å². The van der Waals surface area contributed by atoms with Crippen molar-refractivity contribution in [1.82, 2.24) is 31.1 Å². The standard InChI is InChI=1S/C21H30N2O2.C18H31N3O5.C17H31N3O4/c1-16(2)7-6-13-25-14-12-21(24)23-19-10-8-18(9-11-19)20(15-22-5)17(3)4;1-12(2)10-20-16(23)11-26-8-6-19-15(22)5-7-21-17(24)9-14(13(3)4)18(21)25;1-12(2)14-11-16(22)20(17(14)23)8-5-15(21)19-7-10-24-9-6-18-13(3)4/h8-11,15-17H,6-7,12-14H2,1-4H3,(H,23,24);12-14H,5-11H2,1-4H3,(H,19,22)(H,20,23);12-14,18H,5-11H2,1-4H3,(H,19,21)/b20-15+;;. The van der Waals surface area contributed by atoms with E-state index in [1.54, 1.807) is 6.20 Å². The van der Waals surface area contributed by atoms with Crippen LogP contribution in [0.3, 0.4) is 0 Å². The molecule has 0 saturated carbocycles. The molecule has 0 aromatic heterocycles. The molecule has 19 heteroatoms. The lowest BCUT2D eigenvalue weighted by Crippen LogP contribution is -2.36. The van der Waals surface area contributed by atoms with Gasteiger partial charge < -0.3 is 40.8 Å². The number of carbonyl (C=O) groups is 8. The predicted octanol–water partition coefficient (Wildman–Crippen LogP) is 6.24. The average molecular weight is 1050 g/mol. The van der Waals surface area contributed by atoms with Crippen LogP contribution in [0.5, 0.6) is 0 Å². The van der Waals surface area contributed by atoms with E-state index in [2.05, 4.69) is 73.0 Å². The lowest BCUT2D eigenvalue weighted by molar-refractivity contribution is -0.142. The molecule has 2 fully saturated rings. The topological polar surface area (TPSA) is 235 Å². The molecule has 8 amide bonds. The molecular weight excluding hydrogens is 961 g/mol. The van der Waals surface area contributed by atoms with E-state index in [1.165, 1.54) is 9.80 Å². The van der Waals surface area contributed by atoms with Gasteiger partial charge in [0.2, 0.25) is 47.3 Å². The summed E-state index contributed by atoms with van der Waals surface area (Å²) in [5.41, 5.74) is 2.78. The van der Waals surface area contributed by atoms with Gasteiger partial charge in [0.05, 0.1) is 39.4 Å². The molecule has 2 aliphatic heterocycles. The Hall–Kier alpha value is -5.55. The molecule has 0 aliphatic carbocycles. The Bertz CT molecular complexity index is 2000. The summed E-state index contributed by atoms with van der Waals surface area (Å²) in [5.74, 6) is -0.298. The molecule has 2 unspecified atom stereocenters. The van der Waals surface area contributed by atoms with E-state index >= 15 is 0 Å². The van der Waals surface area contributed by atoms with Crippen molar-refractivity contribution >= 4 is 58.5 Å². The van der Waals surface area contributed by atoms with Crippen molar-refractivity contribution in [2.45, 2.75) is 134 Å². The maximum Gasteiger partial charge on any atom is 0.246 e. The molecule has 2 saturated heterocycles. The molecule has 19 nitrogen and oxygen atoms in total. The minimum absolute atomic E-state index is 0.0441. The van der Waals surface area contributed by atoms with Crippen LogP contribution in [0.15, 0.2) is 30.5 Å². The predicted molar refractivity (Wildman–Crippen MR) is 291 cm³/mol. The van der Waals surface area contributed by atoms with Gasteiger partial charge in [-0.05, 0) is 65.7 Å². The Morgan fingerprint density at radius 3 is 1.59 bits per heavy atom. The summed E-state index contributed by atoms with van der Waals surface area (Å²) in [7, 11) is 0. The maximum absolute atomic E-state index is 12.1. The van der Waals surface area contributed by atoms with Crippen LogP contribution in [0, 0.1) is 48.0 Å². The number of nitrogens with one attached hydrogen (secondary N) is 5. The van der Waals surface area contributed by atoms with Gasteiger partial charge in [0.1, 0.15) is 6.61 Å². The Kier molecular flexibility index (Phi) is 34.2. The van der Waals surface area contributed by atoms with E-state index in [1.807, 2.05) is 65.8 Å². The van der Waals surface area contributed by atoms with Crippen LogP contribution in [0.2, 0.25) is 0 Å². The summed E-state index contributed by atoms with van der Waals surface area (Å²) in [6, 6.07) is 8.05. The van der Waals surface area contributed by atoms with Gasteiger partial charge in [-0.3, -0.25) is 48.2 Å². The smallest absolute Gasteiger partial charge is 0.246 e. The molecule has 2 atom stereocenters. The van der Waals surface area contributed by atoms with Crippen LogP contribution in [0.25, 0.3) is 10.4 Å². The number of ether oxygens (including phenoxy) is 3. The third kappa shape index (κ3) is 29.4. The zero-order chi connectivity index (χ0) is 56.5. The highest BCUT2D eigenvalue weighted by Gasteiger charge is 2.41. The number of nitrogens with zero attached hydrogens (tertiary/aromatic N) is 3. The van der Waals surface area contributed by atoms with Gasteiger partial charge in [-0.15, -0.1) is 0 Å². The van der Waals surface area contributed by atoms with Crippen molar-refractivity contribution in [2.75, 3.05) is 84.2 Å². The quantitative estimate of drug-likeness (QED) is 0.0307. The molecule has 2 aliphatic rings. The third-order valence-electron chi connectivity index (χ3n) is 12.0. The highest BCUT2D eigenvalue weighted by molar-refractivity contribution is 6.04. The van der Waals surface area contributed by atoms with Gasteiger partial charge in [-0.1, -0.05) is 95.2 Å². The van der Waals surface area contributed by atoms with E-state index in [9.17, 15) is 38.4 Å². The molecule has 0 bridgehead atoms. The zero-order valence-corrected chi connectivity index (χ0v) is 47.3. The van der Waals surface area contributed by atoms with Crippen LogP contribution in [-0.2, 0) is 52.6 Å². The Labute approximate surface area is 447 Å². The number of likely N-dealkylation sites (tertiary alicyclic amines) is 2. The lowest BCUT2D eigenvalue weighted by atomic mass is 9.94. The summed E-state index contributed by atoms with van der Waals surface area (Å²) < 4.78 is 16.1. The third-order valence-corrected chi connectivity index (χ3v) is 12.0. The second kappa shape index (κ2) is 38.1. The number of allylic oxidation sites excluding steroid dienone is 1. The molecule has 1 aromatic carbocycles. The van der Waals surface area contributed by atoms with Crippen LogP contribution >= 0.6 is 0 Å². The molecular formula is C56H92N8O11. The largest absolute Gasteiger partial charge is 0.381 e. The van der Waals surface area contributed by atoms with E-state index in [0.29, 0.717) is 63.8 Å². The maximum atomic E-state index is 12.1. The van der Waals surface area contributed by atoms with Crippen LogP contribution in [0.4, 0.5) is 5.69 Å². The SMILES string of the molecule is CC(C)CNC(=O)COCCNC(=O)CCN1C(=O)CC(C(C)C)C1=O.CC(C)NCCOCCNC(=O)CCN1C(=O)CC(C(C)C)C1=O.[C-]#[N+]/C=C(/c1ccc(NC(=O)CCOCCCC(C)C)cc1)C(C)C. The van der Waals surface area contributed by atoms with E-state index in [0.717, 1.165) is 36.2 Å². The summed E-state index contributed by atoms with van der Waals surface area (Å²) in [5, 5.41) is 14.2. The first-order valence-corrected chi connectivity index (χ1v) is 26.9. The Morgan fingerprint density at radius 2 is 1.13 bits per heavy atom. The number of rotatable bonds is 32. The van der Waals surface area contributed by atoms with E-state index in [4.69, 9.17) is 20.8 Å². The molecule has 2 heterocycles. The first kappa shape index (κ1) is 67.5. The number of carbonyl (C=O) groups excluding carboxylic acids is 8. The summed E-state index contributed by atoms with van der Waals surface area (Å²) >= 11 is 0. The molecule has 1 aromatic rings. The number of hydrogen-bond acceptors (Lipinski definition) is 12. The summed E-state index contributed by atoms with van der Waals surface area (Å²) in [6.07, 6.45) is 4.80. The van der Waals surface area contributed by atoms with Crippen molar-refractivity contribution in [2.24, 2.45) is 41.4 Å². The van der Waals surface area contributed by atoms with Crippen molar-refractivity contribution < 1.29 is 52.6 Å². The summed E-state index contributed by atoms with van der Waals surface area (Å²) in [6.45, 7) is 36.1. The van der Waals surface area contributed by atoms with Crippen molar-refractivity contribution in [1.29, 1.82) is 0 Å². The zero-order valence-electron chi connectivity index (χ0n) is 47.3. The van der Waals surface area contributed by atoms with Gasteiger partial charge >= 0.3 is 0 Å². The van der Waals surface area contributed by atoms with Gasteiger partial charge in [-0.25, -0.2) is 4.85 Å². The molecule has 5 N–H and O–H groups in total. The highest BCUT2D eigenvalue weighted by atomic mass is 16.5. The van der Waals surface area contributed by atoms with Crippen molar-refractivity contribution in [3.05, 3.63) is 47.4 Å². The van der Waals surface area contributed by atoms with Crippen molar-refractivity contribution in [3.8, 4) is 0 Å². The fourth-order valence-electron chi connectivity index (χ4n) is 7.57. The minimum atomic E-state index is -0.277. The fraction of sp³-hybridized carbons (Fsp3) is 0.696. The number of hydrogen-bond donors (Lipinski definition) is 5. The number of amides is 8.